The lowest BCUT2D eigenvalue weighted by Gasteiger charge is -2.06. The second-order valence-corrected chi connectivity index (χ2v) is 3.05. The van der Waals surface area contributed by atoms with E-state index in [-0.39, 0.29) is 6.10 Å². The second-order valence-electron chi connectivity index (χ2n) is 3.05. The van der Waals surface area contributed by atoms with Crippen molar-refractivity contribution in [3.8, 4) is 6.07 Å². The van der Waals surface area contributed by atoms with Gasteiger partial charge in [0, 0.05) is 19.0 Å². The van der Waals surface area contributed by atoms with E-state index in [2.05, 4.69) is 11.4 Å². The van der Waals surface area contributed by atoms with E-state index in [0.717, 1.165) is 25.8 Å². The minimum Gasteiger partial charge on any atom is -0.392 e. The topological polar surface area (TPSA) is 56.0 Å². The smallest absolute Gasteiger partial charge is 0.0679 e. The molecule has 0 saturated carbocycles. The van der Waals surface area contributed by atoms with Crippen molar-refractivity contribution in [2.75, 3.05) is 6.54 Å². The van der Waals surface area contributed by atoms with Gasteiger partial charge in [0.2, 0.25) is 0 Å². The van der Waals surface area contributed by atoms with E-state index < -0.39 is 0 Å². The van der Waals surface area contributed by atoms with Gasteiger partial charge in [0.05, 0.1) is 12.2 Å². The summed E-state index contributed by atoms with van der Waals surface area (Å²) in [6.45, 7) is 0.719. The molecule has 1 saturated heterocycles. The number of nitrogens with one attached hydrogen (secondary N) is 1. The van der Waals surface area contributed by atoms with Gasteiger partial charge in [-0.3, -0.25) is 0 Å². The van der Waals surface area contributed by atoms with E-state index in [1.807, 2.05) is 0 Å². The van der Waals surface area contributed by atoms with Gasteiger partial charge in [0.1, 0.15) is 0 Å². The monoisotopic (exact) mass is 154 g/mol. The number of aliphatic hydroxyl groups excluding tert-OH is 1. The largest absolute Gasteiger partial charge is 0.392 e. The summed E-state index contributed by atoms with van der Waals surface area (Å²) in [6, 6.07) is 2.56. The summed E-state index contributed by atoms with van der Waals surface area (Å²) in [4.78, 5) is 0. The predicted octanol–water partition coefficient (Wildman–Crippen LogP) is 0.403. The number of nitriles is 1. The molecule has 2 unspecified atom stereocenters. The van der Waals surface area contributed by atoms with Gasteiger partial charge in [-0.15, -0.1) is 0 Å². The average molecular weight is 154 g/mol. The van der Waals surface area contributed by atoms with Crippen molar-refractivity contribution in [2.24, 2.45) is 0 Å². The minimum atomic E-state index is -0.165. The lowest BCUT2D eigenvalue weighted by atomic mass is 10.1. The zero-order chi connectivity index (χ0) is 8.10. The Balaban J connectivity index is 2.05. The van der Waals surface area contributed by atoms with Crippen molar-refractivity contribution in [2.45, 2.75) is 37.8 Å². The molecule has 1 fully saturated rings. The highest BCUT2D eigenvalue weighted by molar-refractivity contribution is 4.82. The molecule has 0 amide bonds. The van der Waals surface area contributed by atoms with Crippen LogP contribution in [0.5, 0.6) is 0 Å². The van der Waals surface area contributed by atoms with Crippen LogP contribution in [0.15, 0.2) is 0 Å². The van der Waals surface area contributed by atoms with Crippen LogP contribution in [0.4, 0.5) is 0 Å². The van der Waals surface area contributed by atoms with Gasteiger partial charge in [-0.05, 0) is 19.3 Å². The Morgan fingerprint density at radius 1 is 1.64 bits per heavy atom. The van der Waals surface area contributed by atoms with E-state index in [0.29, 0.717) is 12.5 Å². The molecule has 11 heavy (non-hydrogen) atoms. The lowest BCUT2D eigenvalue weighted by Crippen LogP contribution is -2.21. The van der Waals surface area contributed by atoms with E-state index in [1.165, 1.54) is 0 Å². The summed E-state index contributed by atoms with van der Waals surface area (Å²) < 4.78 is 0. The van der Waals surface area contributed by atoms with Crippen LogP contribution in [0, 0.1) is 11.3 Å². The summed E-state index contributed by atoms with van der Waals surface area (Å²) in [5, 5.41) is 20.6. The van der Waals surface area contributed by atoms with E-state index in [4.69, 9.17) is 10.4 Å². The van der Waals surface area contributed by atoms with E-state index >= 15 is 0 Å². The van der Waals surface area contributed by atoms with Crippen LogP contribution in [0.3, 0.4) is 0 Å². The molecule has 3 heteroatoms. The Morgan fingerprint density at radius 2 is 2.45 bits per heavy atom. The molecule has 62 valence electrons. The molecular formula is C8H14N2O. The summed E-state index contributed by atoms with van der Waals surface area (Å²) in [5.41, 5.74) is 0. The quantitative estimate of drug-likeness (QED) is 0.579. The molecule has 0 spiro atoms. The minimum absolute atomic E-state index is 0.165. The zero-order valence-electron chi connectivity index (χ0n) is 6.58. The summed E-state index contributed by atoms with van der Waals surface area (Å²) >= 11 is 0. The van der Waals surface area contributed by atoms with Gasteiger partial charge < -0.3 is 10.4 Å². The average Bonchev–Trinajstić information content (AvgIpc) is 2.37. The number of nitrogens with zero attached hydrogens (tertiary/aromatic N) is 1. The highest BCUT2D eigenvalue weighted by Crippen LogP contribution is 2.12. The van der Waals surface area contributed by atoms with Crippen LogP contribution >= 0.6 is 0 Å². The molecule has 0 aromatic rings. The highest BCUT2D eigenvalue weighted by Gasteiger charge is 2.20. The fourth-order valence-corrected chi connectivity index (χ4v) is 1.45. The SMILES string of the molecule is N#CCCCC1CC(O)CN1. The summed E-state index contributed by atoms with van der Waals surface area (Å²) in [5.74, 6) is 0. The van der Waals surface area contributed by atoms with Gasteiger partial charge in [-0.1, -0.05) is 0 Å². The zero-order valence-corrected chi connectivity index (χ0v) is 6.58. The molecule has 2 atom stereocenters. The number of β-amino-alcohol motifs (C(OH)–C–C–N with tert-alkyl or cyclic N) is 1. The first kappa shape index (κ1) is 8.51. The fourth-order valence-electron chi connectivity index (χ4n) is 1.45. The van der Waals surface area contributed by atoms with Gasteiger partial charge in [0.15, 0.2) is 0 Å². The number of unbranched alkanes of at least 4 members (excludes halogenated alkanes) is 1. The van der Waals surface area contributed by atoms with Crippen LogP contribution in [-0.4, -0.2) is 23.8 Å². The van der Waals surface area contributed by atoms with Crippen LogP contribution in [-0.2, 0) is 0 Å². The van der Waals surface area contributed by atoms with E-state index in [1.54, 1.807) is 0 Å². The maximum absolute atomic E-state index is 9.13. The third kappa shape index (κ3) is 2.87. The van der Waals surface area contributed by atoms with Crippen LogP contribution in [0.25, 0.3) is 0 Å². The predicted molar refractivity (Wildman–Crippen MR) is 41.9 cm³/mol. The molecular weight excluding hydrogens is 140 g/mol. The molecule has 1 aliphatic heterocycles. The van der Waals surface area contributed by atoms with Gasteiger partial charge in [-0.2, -0.15) is 5.26 Å². The normalized spacial score (nSPS) is 30.2. The first-order valence-corrected chi connectivity index (χ1v) is 4.11. The standard InChI is InChI=1S/C8H14N2O/c9-4-2-1-3-7-5-8(11)6-10-7/h7-8,10-11H,1-3,5-6H2. The van der Waals surface area contributed by atoms with Crippen LogP contribution in [0.1, 0.15) is 25.7 Å². The maximum atomic E-state index is 9.13. The summed E-state index contributed by atoms with van der Waals surface area (Å²) in [6.07, 6.45) is 3.28. The molecule has 1 aliphatic rings. The molecule has 0 radical (unpaired) electrons. The third-order valence-electron chi connectivity index (χ3n) is 2.04. The first-order chi connectivity index (χ1) is 5.33. The first-order valence-electron chi connectivity index (χ1n) is 4.11. The lowest BCUT2D eigenvalue weighted by molar-refractivity contribution is 0.192. The highest BCUT2D eigenvalue weighted by atomic mass is 16.3. The molecule has 2 N–H and O–H groups in total. The van der Waals surface area contributed by atoms with Crippen molar-refractivity contribution in [1.29, 1.82) is 5.26 Å². The van der Waals surface area contributed by atoms with Gasteiger partial charge in [0.25, 0.3) is 0 Å². The third-order valence-corrected chi connectivity index (χ3v) is 2.04. The number of rotatable bonds is 3. The van der Waals surface area contributed by atoms with Crippen molar-refractivity contribution in [1.82, 2.24) is 5.32 Å². The van der Waals surface area contributed by atoms with Crippen molar-refractivity contribution in [3.05, 3.63) is 0 Å². The molecule has 0 aliphatic carbocycles. The van der Waals surface area contributed by atoms with Crippen LogP contribution < -0.4 is 5.32 Å². The van der Waals surface area contributed by atoms with Crippen LogP contribution in [0.2, 0.25) is 0 Å². The van der Waals surface area contributed by atoms with Crippen molar-refractivity contribution in [3.63, 3.8) is 0 Å². The Labute approximate surface area is 67.0 Å². The molecule has 3 nitrogen and oxygen atoms in total. The van der Waals surface area contributed by atoms with Gasteiger partial charge in [-0.25, -0.2) is 0 Å². The molecule has 0 bridgehead atoms. The Hall–Kier alpha value is -0.590. The van der Waals surface area contributed by atoms with E-state index in [9.17, 15) is 0 Å². The maximum Gasteiger partial charge on any atom is 0.0679 e. The molecule has 1 heterocycles. The van der Waals surface area contributed by atoms with Crippen molar-refractivity contribution < 1.29 is 5.11 Å². The number of hydrogen-bond acceptors (Lipinski definition) is 3. The Bertz CT molecular complexity index is 153. The Kier molecular flexibility index (Phi) is 3.34. The molecule has 1 rings (SSSR count). The molecule has 0 aromatic heterocycles. The number of aliphatic hydroxyl groups is 1. The van der Waals surface area contributed by atoms with Gasteiger partial charge >= 0.3 is 0 Å². The second kappa shape index (κ2) is 4.32. The summed E-state index contributed by atoms with van der Waals surface area (Å²) in [7, 11) is 0. The molecule has 0 aromatic carbocycles. The fraction of sp³-hybridized carbons (Fsp3) is 0.875. The Morgan fingerprint density at radius 3 is 3.00 bits per heavy atom. The van der Waals surface area contributed by atoms with Crippen molar-refractivity contribution >= 4 is 0 Å². The number of hydrogen-bond donors (Lipinski definition) is 2.